The second-order valence-electron chi connectivity index (χ2n) is 7.50. The van der Waals surface area contributed by atoms with E-state index >= 15 is 0 Å². The van der Waals surface area contributed by atoms with E-state index in [0.717, 1.165) is 12.8 Å². The lowest BCUT2D eigenvalue weighted by atomic mass is 9.95. The molecule has 0 heterocycles. The molecule has 0 radical (unpaired) electrons. The van der Waals surface area contributed by atoms with Crippen LogP contribution in [-0.4, -0.2) is 11.1 Å². The largest absolute Gasteiger partial charge is 0.478 e. The summed E-state index contributed by atoms with van der Waals surface area (Å²) in [4.78, 5) is 11.4. The molecular formula is C26H26F2O2. The van der Waals surface area contributed by atoms with Gasteiger partial charge in [-0.25, -0.2) is 13.6 Å². The van der Waals surface area contributed by atoms with Gasteiger partial charge in [0.1, 0.15) is 0 Å². The molecule has 0 saturated heterocycles. The third-order valence-corrected chi connectivity index (χ3v) is 5.36. The highest BCUT2D eigenvalue weighted by molar-refractivity contribution is 5.96. The maximum absolute atomic E-state index is 14.9. The summed E-state index contributed by atoms with van der Waals surface area (Å²) < 4.78 is 29.7. The molecule has 156 valence electrons. The number of carboxylic acid groups (broad SMARTS) is 1. The van der Waals surface area contributed by atoms with Gasteiger partial charge in [-0.05, 0) is 35.6 Å². The Kier molecular flexibility index (Phi) is 7.34. The van der Waals surface area contributed by atoms with Crippen molar-refractivity contribution in [3.05, 3.63) is 83.4 Å². The molecule has 0 amide bonds. The molecule has 0 aliphatic heterocycles. The van der Waals surface area contributed by atoms with Gasteiger partial charge in [-0.3, -0.25) is 0 Å². The maximum atomic E-state index is 14.9. The molecule has 0 saturated carbocycles. The summed E-state index contributed by atoms with van der Waals surface area (Å²) in [6, 6.07) is 16.5. The molecule has 0 bridgehead atoms. The number of aryl methyl sites for hydroxylation is 1. The van der Waals surface area contributed by atoms with Crippen LogP contribution in [0.1, 0.15) is 54.9 Å². The van der Waals surface area contributed by atoms with Crippen LogP contribution in [0.5, 0.6) is 0 Å². The highest BCUT2D eigenvalue weighted by Crippen LogP contribution is 2.33. The lowest BCUT2D eigenvalue weighted by Gasteiger charge is -2.11. The fourth-order valence-corrected chi connectivity index (χ4v) is 3.67. The van der Waals surface area contributed by atoms with Crippen LogP contribution in [0.3, 0.4) is 0 Å². The van der Waals surface area contributed by atoms with Crippen molar-refractivity contribution in [2.75, 3.05) is 0 Å². The number of aromatic carboxylic acids is 1. The zero-order valence-electron chi connectivity index (χ0n) is 17.1. The molecule has 0 aliphatic carbocycles. The van der Waals surface area contributed by atoms with Gasteiger partial charge in [-0.2, -0.15) is 0 Å². The number of hydrogen-bond donors (Lipinski definition) is 1. The number of hydrogen-bond acceptors (Lipinski definition) is 1. The first-order valence-electron chi connectivity index (χ1n) is 10.4. The summed E-state index contributed by atoms with van der Waals surface area (Å²) in [5, 5.41) is 9.33. The van der Waals surface area contributed by atoms with Crippen LogP contribution in [0.15, 0.2) is 60.7 Å². The van der Waals surface area contributed by atoms with Crippen molar-refractivity contribution in [3.8, 4) is 22.3 Å². The third kappa shape index (κ3) is 4.93. The zero-order chi connectivity index (χ0) is 21.5. The number of carboxylic acids is 1. The van der Waals surface area contributed by atoms with Crippen LogP contribution in [0.25, 0.3) is 22.3 Å². The fourth-order valence-electron chi connectivity index (χ4n) is 3.67. The van der Waals surface area contributed by atoms with E-state index in [-0.39, 0.29) is 22.3 Å². The molecule has 3 rings (SSSR count). The topological polar surface area (TPSA) is 37.3 Å². The molecule has 0 unspecified atom stereocenters. The summed E-state index contributed by atoms with van der Waals surface area (Å²) in [5.74, 6) is -3.19. The summed E-state index contributed by atoms with van der Waals surface area (Å²) in [5.41, 5.74) is 1.98. The average Bonchev–Trinajstić information content (AvgIpc) is 2.76. The predicted molar refractivity (Wildman–Crippen MR) is 117 cm³/mol. The molecule has 2 nitrogen and oxygen atoms in total. The standard InChI is InChI=1S/C26H26F2O2/c1-2-3-4-5-6-9-18-12-14-19(15-13-18)20-16-17-22(25(28)24(20)27)21-10-7-8-11-23(21)26(29)30/h7-8,10-17H,2-6,9H2,1H3,(H,29,30). The van der Waals surface area contributed by atoms with Crippen molar-refractivity contribution in [3.63, 3.8) is 0 Å². The Bertz CT molecular complexity index is 1010. The second kappa shape index (κ2) is 10.1. The van der Waals surface area contributed by atoms with Crippen LogP contribution < -0.4 is 0 Å². The highest BCUT2D eigenvalue weighted by atomic mass is 19.2. The number of halogens is 2. The van der Waals surface area contributed by atoms with Crippen molar-refractivity contribution in [2.24, 2.45) is 0 Å². The van der Waals surface area contributed by atoms with Gasteiger partial charge in [0.15, 0.2) is 11.6 Å². The SMILES string of the molecule is CCCCCCCc1ccc(-c2ccc(-c3ccccc3C(=O)O)c(F)c2F)cc1. The maximum Gasteiger partial charge on any atom is 0.336 e. The lowest BCUT2D eigenvalue weighted by molar-refractivity contribution is 0.0697. The van der Waals surface area contributed by atoms with E-state index in [0.29, 0.717) is 5.56 Å². The van der Waals surface area contributed by atoms with Gasteiger partial charge >= 0.3 is 5.97 Å². The normalized spacial score (nSPS) is 10.9. The van der Waals surface area contributed by atoms with Crippen molar-refractivity contribution in [2.45, 2.75) is 45.4 Å². The van der Waals surface area contributed by atoms with Crippen molar-refractivity contribution in [1.82, 2.24) is 0 Å². The van der Waals surface area contributed by atoms with Crippen molar-refractivity contribution >= 4 is 5.97 Å². The quantitative estimate of drug-likeness (QED) is 0.372. The van der Waals surface area contributed by atoms with E-state index in [9.17, 15) is 18.7 Å². The minimum absolute atomic E-state index is 0.0575. The minimum Gasteiger partial charge on any atom is -0.478 e. The Balaban J connectivity index is 1.82. The lowest BCUT2D eigenvalue weighted by Crippen LogP contribution is -2.01. The first kappa shape index (κ1) is 21.7. The molecule has 3 aromatic carbocycles. The van der Waals surface area contributed by atoms with Crippen LogP contribution in [0.2, 0.25) is 0 Å². The second-order valence-corrected chi connectivity index (χ2v) is 7.50. The van der Waals surface area contributed by atoms with Gasteiger partial charge in [-0.1, -0.05) is 87.2 Å². The van der Waals surface area contributed by atoms with E-state index in [4.69, 9.17) is 0 Å². The molecule has 4 heteroatoms. The fraction of sp³-hybridized carbons (Fsp3) is 0.269. The zero-order valence-corrected chi connectivity index (χ0v) is 17.1. The summed E-state index contributed by atoms with van der Waals surface area (Å²) in [6.07, 6.45) is 7.03. The van der Waals surface area contributed by atoms with Gasteiger partial charge in [0.2, 0.25) is 0 Å². The molecule has 0 aliphatic rings. The number of unbranched alkanes of at least 4 members (excludes halogenated alkanes) is 4. The van der Waals surface area contributed by atoms with Crippen LogP contribution in [-0.2, 0) is 6.42 Å². The van der Waals surface area contributed by atoms with E-state index in [2.05, 4.69) is 6.92 Å². The first-order chi connectivity index (χ1) is 14.5. The van der Waals surface area contributed by atoms with Crippen molar-refractivity contribution < 1.29 is 18.7 Å². The molecule has 0 spiro atoms. The summed E-state index contributed by atoms with van der Waals surface area (Å²) in [6.45, 7) is 2.19. The number of carbonyl (C=O) groups is 1. The monoisotopic (exact) mass is 408 g/mol. The van der Waals surface area contributed by atoms with Crippen LogP contribution >= 0.6 is 0 Å². The Morgan fingerprint density at radius 1 is 0.767 bits per heavy atom. The molecular weight excluding hydrogens is 382 g/mol. The Hall–Kier alpha value is -3.01. The van der Waals surface area contributed by atoms with Crippen LogP contribution in [0, 0.1) is 11.6 Å². The summed E-state index contributed by atoms with van der Waals surface area (Å²) in [7, 11) is 0. The van der Waals surface area contributed by atoms with Crippen LogP contribution in [0.4, 0.5) is 8.78 Å². The first-order valence-corrected chi connectivity index (χ1v) is 10.4. The highest BCUT2D eigenvalue weighted by Gasteiger charge is 2.19. The summed E-state index contributed by atoms with van der Waals surface area (Å²) >= 11 is 0. The molecule has 3 aromatic rings. The van der Waals surface area contributed by atoms with Gasteiger partial charge < -0.3 is 5.11 Å². The Labute approximate surface area is 176 Å². The minimum atomic E-state index is -1.18. The van der Waals surface area contributed by atoms with E-state index in [1.165, 1.54) is 55.5 Å². The van der Waals surface area contributed by atoms with Gasteiger partial charge in [0, 0.05) is 11.1 Å². The Morgan fingerprint density at radius 2 is 1.40 bits per heavy atom. The van der Waals surface area contributed by atoms with E-state index in [1.807, 2.05) is 24.3 Å². The molecule has 1 N–H and O–H groups in total. The van der Waals surface area contributed by atoms with Crippen molar-refractivity contribution in [1.29, 1.82) is 0 Å². The predicted octanol–water partition coefficient (Wildman–Crippen LogP) is 7.51. The van der Waals surface area contributed by atoms with E-state index in [1.54, 1.807) is 12.1 Å². The number of benzene rings is 3. The van der Waals surface area contributed by atoms with Gasteiger partial charge in [0.25, 0.3) is 0 Å². The smallest absolute Gasteiger partial charge is 0.336 e. The third-order valence-electron chi connectivity index (χ3n) is 5.36. The average molecular weight is 408 g/mol. The van der Waals surface area contributed by atoms with E-state index < -0.39 is 17.6 Å². The Morgan fingerprint density at radius 3 is 2.10 bits per heavy atom. The molecule has 0 fully saturated rings. The van der Waals surface area contributed by atoms with Gasteiger partial charge in [-0.15, -0.1) is 0 Å². The number of rotatable bonds is 9. The van der Waals surface area contributed by atoms with Gasteiger partial charge in [0.05, 0.1) is 5.56 Å². The molecule has 0 aromatic heterocycles. The molecule has 0 atom stereocenters. The molecule has 30 heavy (non-hydrogen) atoms.